The predicted octanol–water partition coefficient (Wildman–Crippen LogP) is 1.91. The SMILES string of the molecule is CCCCn1ncnc1-c1cnc(N(C)C)nc1C. The lowest BCUT2D eigenvalue weighted by Crippen LogP contribution is -2.13. The molecule has 6 nitrogen and oxygen atoms in total. The summed E-state index contributed by atoms with van der Waals surface area (Å²) in [4.78, 5) is 15.1. The van der Waals surface area contributed by atoms with Crippen LogP contribution in [0.25, 0.3) is 11.4 Å². The second-order valence-corrected chi connectivity index (χ2v) is 4.72. The largest absolute Gasteiger partial charge is 0.347 e. The zero-order chi connectivity index (χ0) is 13.8. The Balaban J connectivity index is 2.34. The predicted molar refractivity (Wildman–Crippen MR) is 75.0 cm³/mol. The molecule has 2 aromatic heterocycles. The van der Waals surface area contributed by atoms with Crippen LogP contribution in [0.5, 0.6) is 0 Å². The Hall–Kier alpha value is -1.98. The number of unbranched alkanes of at least 4 members (excludes halogenated alkanes) is 1. The average molecular weight is 260 g/mol. The van der Waals surface area contributed by atoms with Gasteiger partial charge in [0.25, 0.3) is 0 Å². The van der Waals surface area contributed by atoms with Crippen LogP contribution in [-0.2, 0) is 6.54 Å². The Kier molecular flexibility index (Phi) is 4.09. The summed E-state index contributed by atoms with van der Waals surface area (Å²) in [6.45, 7) is 5.01. The molecule has 0 atom stereocenters. The maximum atomic E-state index is 4.48. The molecule has 0 saturated heterocycles. The first-order chi connectivity index (χ1) is 9.13. The van der Waals surface area contributed by atoms with Crippen molar-refractivity contribution in [2.45, 2.75) is 33.2 Å². The van der Waals surface area contributed by atoms with E-state index in [-0.39, 0.29) is 0 Å². The number of rotatable bonds is 5. The van der Waals surface area contributed by atoms with E-state index < -0.39 is 0 Å². The molecule has 0 fully saturated rings. The monoisotopic (exact) mass is 260 g/mol. The second kappa shape index (κ2) is 5.77. The molecule has 2 heterocycles. The normalized spacial score (nSPS) is 10.7. The highest BCUT2D eigenvalue weighted by Crippen LogP contribution is 2.20. The molecule has 19 heavy (non-hydrogen) atoms. The van der Waals surface area contributed by atoms with Crippen LogP contribution in [0.15, 0.2) is 12.5 Å². The van der Waals surface area contributed by atoms with Gasteiger partial charge in [0.2, 0.25) is 5.95 Å². The second-order valence-electron chi connectivity index (χ2n) is 4.72. The fourth-order valence-corrected chi connectivity index (χ4v) is 1.83. The van der Waals surface area contributed by atoms with Gasteiger partial charge in [0.05, 0.1) is 11.3 Å². The summed E-state index contributed by atoms with van der Waals surface area (Å²) in [5, 5.41) is 4.27. The van der Waals surface area contributed by atoms with Crippen molar-refractivity contribution in [2.24, 2.45) is 0 Å². The van der Waals surface area contributed by atoms with Gasteiger partial charge in [-0.3, -0.25) is 0 Å². The number of hydrogen-bond donors (Lipinski definition) is 0. The van der Waals surface area contributed by atoms with Gasteiger partial charge in [0, 0.05) is 26.8 Å². The fourth-order valence-electron chi connectivity index (χ4n) is 1.83. The highest BCUT2D eigenvalue weighted by Gasteiger charge is 2.12. The van der Waals surface area contributed by atoms with E-state index in [4.69, 9.17) is 0 Å². The van der Waals surface area contributed by atoms with Gasteiger partial charge in [-0.1, -0.05) is 13.3 Å². The van der Waals surface area contributed by atoms with E-state index >= 15 is 0 Å². The molecule has 0 N–H and O–H groups in total. The van der Waals surface area contributed by atoms with E-state index in [1.54, 1.807) is 6.33 Å². The van der Waals surface area contributed by atoms with Gasteiger partial charge in [0.15, 0.2) is 5.82 Å². The van der Waals surface area contributed by atoms with Gasteiger partial charge in [-0.15, -0.1) is 0 Å². The lowest BCUT2D eigenvalue weighted by atomic mass is 10.2. The summed E-state index contributed by atoms with van der Waals surface area (Å²) in [7, 11) is 3.86. The van der Waals surface area contributed by atoms with Crippen molar-refractivity contribution in [3.05, 3.63) is 18.2 Å². The van der Waals surface area contributed by atoms with Crippen molar-refractivity contribution >= 4 is 5.95 Å². The molecule has 0 aliphatic heterocycles. The van der Waals surface area contributed by atoms with Crippen LogP contribution in [0.1, 0.15) is 25.5 Å². The minimum Gasteiger partial charge on any atom is -0.347 e. The van der Waals surface area contributed by atoms with Crippen LogP contribution >= 0.6 is 0 Å². The van der Waals surface area contributed by atoms with Crippen molar-refractivity contribution in [1.82, 2.24) is 24.7 Å². The molecule has 2 aromatic rings. The third-order valence-corrected chi connectivity index (χ3v) is 2.95. The van der Waals surface area contributed by atoms with E-state index in [0.717, 1.165) is 36.5 Å². The molecule has 0 amide bonds. The topological polar surface area (TPSA) is 59.7 Å². The smallest absolute Gasteiger partial charge is 0.225 e. The van der Waals surface area contributed by atoms with Crippen LogP contribution in [0.3, 0.4) is 0 Å². The number of nitrogens with zero attached hydrogens (tertiary/aromatic N) is 6. The molecule has 0 aliphatic carbocycles. The summed E-state index contributed by atoms with van der Waals surface area (Å²) in [5.41, 5.74) is 1.86. The lowest BCUT2D eigenvalue weighted by Gasteiger charge is -2.12. The third-order valence-electron chi connectivity index (χ3n) is 2.95. The Morgan fingerprint density at radius 1 is 1.26 bits per heavy atom. The molecule has 0 unspecified atom stereocenters. The van der Waals surface area contributed by atoms with Crippen molar-refractivity contribution in [3.8, 4) is 11.4 Å². The van der Waals surface area contributed by atoms with Crippen molar-refractivity contribution in [1.29, 1.82) is 0 Å². The maximum Gasteiger partial charge on any atom is 0.225 e. The zero-order valence-corrected chi connectivity index (χ0v) is 12.0. The summed E-state index contributed by atoms with van der Waals surface area (Å²) in [5.74, 6) is 1.55. The van der Waals surface area contributed by atoms with Gasteiger partial charge in [-0.25, -0.2) is 19.6 Å². The average Bonchev–Trinajstić information content (AvgIpc) is 2.84. The molecule has 0 bridgehead atoms. The molecule has 0 spiro atoms. The van der Waals surface area contributed by atoms with Crippen molar-refractivity contribution in [2.75, 3.05) is 19.0 Å². The Morgan fingerprint density at radius 3 is 2.68 bits per heavy atom. The maximum absolute atomic E-state index is 4.48. The van der Waals surface area contributed by atoms with Gasteiger partial charge in [0.1, 0.15) is 6.33 Å². The number of aryl methyl sites for hydroxylation is 2. The lowest BCUT2D eigenvalue weighted by molar-refractivity contribution is 0.576. The minimum atomic E-state index is 0.709. The standard InChI is InChI=1S/C13H20N6/c1-5-6-7-19-12(15-9-16-19)11-8-14-13(18(3)4)17-10(11)2/h8-9H,5-7H2,1-4H3. The molecule has 6 heteroatoms. The molecule has 102 valence electrons. The minimum absolute atomic E-state index is 0.709. The summed E-state index contributed by atoms with van der Waals surface area (Å²) < 4.78 is 1.92. The van der Waals surface area contributed by atoms with Crippen LogP contribution < -0.4 is 4.90 Å². The Labute approximate surface area is 113 Å². The summed E-state index contributed by atoms with van der Waals surface area (Å²) in [6, 6.07) is 0. The number of hydrogen-bond acceptors (Lipinski definition) is 5. The van der Waals surface area contributed by atoms with E-state index in [2.05, 4.69) is 27.0 Å². The molecule has 0 aromatic carbocycles. The van der Waals surface area contributed by atoms with Gasteiger partial charge < -0.3 is 4.90 Å². The third kappa shape index (κ3) is 2.89. The first-order valence-corrected chi connectivity index (χ1v) is 6.52. The van der Waals surface area contributed by atoms with Gasteiger partial charge in [-0.05, 0) is 13.3 Å². The van der Waals surface area contributed by atoms with Crippen LogP contribution in [-0.4, -0.2) is 38.8 Å². The van der Waals surface area contributed by atoms with Gasteiger partial charge >= 0.3 is 0 Å². The molecular weight excluding hydrogens is 240 g/mol. The van der Waals surface area contributed by atoms with E-state index in [9.17, 15) is 0 Å². The molecule has 0 radical (unpaired) electrons. The Morgan fingerprint density at radius 2 is 2.05 bits per heavy atom. The highest BCUT2D eigenvalue weighted by atomic mass is 15.3. The number of aromatic nitrogens is 5. The fraction of sp³-hybridized carbons (Fsp3) is 0.538. The van der Waals surface area contributed by atoms with Crippen LogP contribution in [0.2, 0.25) is 0 Å². The first-order valence-electron chi connectivity index (χ1n) is 6.52. The molecule has 0 aliphatic rings. The quantitative estimate of drug-likeness (QED) is 0.822. The Bertz CT molecular complexity index is 546. The zero-order valence-electron chi connectivity index (χ0n) is 12.0. The molecular formula is C13H20N6. The molecule has 2 rings (SSSR count). The van der Waals surface area contributed by atoms with E-state index in [1.807, 2.05) is 36.8 Å². The summed E-state index contributed by atoms with van der Waals surface area (Å²) in [6.07, 6.45) is 5.63. The van der Waals surface area contributed by atoms with Crippen LogP contribution in [0.4, 0.5) is 5.95 Å². The van der Waals surface area contributed by atoms with Crippen LogP contribution in [0, 0.1) is 6.92 Å². The highest BCUT2D eigenvalue weighted by molar-refractivity contribution is 5.57. The van der Waals surface area contributed by atoms with Gasteiger partial charge in [-0.2, -0.15) is 5.10 Å². The van der Waals surface area contributed by atoms with E-state index in [1.165, 1.54) is 0 Å². The molecule has 0 saturated carbocycles. The van der Waals surface area contributed by atoms with E-state index in [0.29, 0.717) is 5.95 Å². The summed E-state index contributed by atoms with van der Waals surface area (Å²) >= 11 is 0. The van der Waals surface area contributed by atoms with Crippen molar-refractivity contribution < 1.29 is 0 Å². The first kappa shape index (κ1) is 13.5. The van der Waals surface area contributed by atoms with Crippen molar-refractivity contribution in [3.63, 3.8) is 0 Å². The number of anilines is 1.